The van der Waals surface area contributed by atoms with E-state index in [1.807, 2.05) is 13.8 Å². The number of rotatable bonds is 0. The first-order valence-corrected chi connectivity index (χ1v) is 4.23. The summed E-state index contributed by atoms with van der Waals surface area (Å²) in [6.07, 6.45) is 1.25. The Balaban J connectivity index is -0.00000000872. The Morgan fingerprint density at radius 2 is 0.812 bits per heavy atom. The number of ketones is 1. The van der Waals surface area contributed by atoms with Crippen LogP contribution in [0, 0.1) is 0 Å². The van der Waals surface area contributed by atoms with Gasteiger partial charge in [-0.1, -0.05) is 69.6 Å². The molecule has 0 spiro atoms. The summed E-state index contributed by atoms with van der Waals surface area (Å²) < 4.78 is 0. The maximum atomic E-state index is 9.44. The van der Waals surface area contributed by atoms with E-state index in [1.165, 1.54) is 20.3 Å². The Morgan fingerprint density at radius 1 is 0.812 bits per heavy atom. The summed E-state index contributed by atoms with van der Waals surface area (Å²) in [7, 11) is 0. The number of hydrogen-bond donors (Lipinski definition) is 0. The topological polar surface area (TPSA) is 17.1 Å². The van der Waals surface area contributed by atoms with E-state index in [0.717, 1.165) is 4.86 Å². The summed E-state index contributed by atoms with van der Waals surface area (Å²) in [5.74, 6) is 0.167. The van der Waals surface area contributed by atoms with Crippen LogP contribution in [-0.4, -0.2) is 10.6 Å². The largest absolute Gasteiger partial charge is 0.300 e. The summed E-state index contributed by atoms with van der Waals surface area (Å²) >= 11 is 4.54. The van der Waals surface area contributed by atoms with Gasteiger partial charge in [-0.05, 0) is 32.6 Å². The van der Waals surface area contributed by atoms with Crippen LogP contribution in [0.3, 0.4) is 0 Å². The van der Waals surface area contributed by atoms with Crippen molar-refractivity contribution < 1.29 is 4.79 Å². The molecule has 0 radical (unpaired) electrons. The molecule has 0 rings (SSSR count). The van der Waals surface area contributed by atoms with Crippen LogP contribution >= 0.6 is 12.2 Å². The van der Waals surface area contributed by atoms with Gasteiger partial charge in [0.15, 0.2) is 0 Å². The molecule has 0 N–H and O–H groups in total. The lowest BCUT2D eigenvalue weighted by molar-refractivity contribution is -0.114. The molecule has 0 aromatic rings. The van der Waals surface area contributed by atoms with Crippen LogP contribution in [0.1, 0.15) is 85.1 Å². The minimum Gasteiger partial charge on any atom is -0.300 e. The molecule has 0 atom stereocenters. The molecule has 0 aliphatic carbocycles. The van der Waals surface area contributed by atoms with Gasteiger partial charge in [-0.3, -0.25) is 0 Å². The fourth-order valence-corrected chi connectivity index (χ4v) is 0. The van der Waals surface area contributed by atoms with Crippen LogP contribution in [0.4, 0.5) is 0 Å². The second-order valence-corrected chi connectivity index (χ2v) is 3.34. The average molecular weight is 257 g/mol. The van der Waals surface area contributed by atoms with Crippen LogP contribution in [0.15, 0.2) is 0 Å². The highest BCUT2D eigenvalue weighted by Gasteiger charge is 1.62. The first-order chi connectivity index (χ1) is 4.88. The van der Waals surface area contributed by atoms with E-state index in [2.05, 4.69) is 26.1 Å². The molecule has 108 valence electrons. The van der Waals surface area contributed by atoms with E-state index < -0.39 is 0 Å². The van der Waals surface area contributed by atoms with Gasteiger partial charge in [0.25, 0.3) is 0 Å². The van der Waals surface area contributed by atoms with Crippen LogP contribution in [0.5, 0.6) is 0 Å². The molecule has 16 heavy (non-hydrogen) atoms. The molecule has 0 aromatic carbocycles. The fraction of sp³-hybridized carbons (Fsp3) is 0.857. The van der Waals surface area contributed by atoms with E-state index in [0.29, 0.717) is 0 Å². The zero-order valence-corrected chi connectivity index (χ0v) is 9.34. The molecule has 0 saturated heterocycles. The lowest BCUT2D eigenvalue weighted by Crippen LogP contribution is -1.69. The molecular formula is C14H40OS. The first-order valence-electron chi connectivity index (χ1n) is 3.82. The second kappa shape index (κ2) is 61.2. The van der Waals surface area contributed by atoms with Crippen molar-refractivity contribution in [3.8, 4) is 0 Å². The van der Waals surface area contributed by atoms with Crippen molar-refractivity contribution in [1.82, 2.24) is 0 Å². The van der Waals surface area contributed by atoms with Gasteiger partial charge >= 0.3 is 0 Å². The van der Waals surface area contributed by atoms with Crippen LogP contribution in [0.25, 0.3) is 0 Å². The highest BCUT2D eigenvalue weighted by atomic mass is 32.1. The zero-order chi connectivity index (χ0) is 9.86. The monoisotopic (exact) mass is 256 g/mol. The van der Waals surface area contributed by atoms with Gasteiger partial charge in [0.2, 0.25) is 0 Å². The molecule has 0 fully saturated rings. The Hall–Kier alpha value is -0.240. The highest BCUT2D eigenvalue weighted by Crippen LogP contribution is 1.61. The van der Waals surface area contributed by atoms with Crippen molar-refractivity contribution in [3.63, 3.8) is 0 Å². The number of carbonyl (C=O) groups is 1. The third-order valence-electron chi connectivity index (χ3n) is 0. The van der Waals surface area contributed by atoms with Crippen molar-refractivity contribution in [2.45, 2.75) is 85.1 Å². The Morgan fingerprint density at radius 3 is 0.812 bits per heavy atom. The van der Waals surface area contributed by atoms with E-state index >= 15 is 0 Å². The van der Waals surface area contributed by atoms with Gasteiger partial charge in [-0.25, -0.2) is 0 Å². The van der Waals surface area contributed by atoms with Gasteiger partial charge in [0.1, 0.15) is 5.78 Å². The van der Waals surface area contributed by atoms with Crippen molar-refractivity contribution in [1.29, 1.82) is 0 Å². The van der Waals surface area contributed by atoms with Crippen molar-refractivity contribution in [2.24, 2.45) is 0 Å². The number of carbonyl (C=O) groups excluding carboxylic acids is 1. The normalized spacial score (nSPS) is 4.38. The predicted octanol–water partition coefficient (Wildman–Crippen LogP) is 6.59. The molecule has 0 bridgehead atoms. The lowest BCUT2D eigenvalue weighted by Gasteiger charge is -1.61. The summed E-state index contributed by atoms with van der Waals surface area (Å²) in [5, 5.41) is 0. The lowest BCUT2D eigenvalue weighted by atomic mass is 10.6. The van der Waals surface area contributed by atoms with Crippen LogP contribution < -0.4 is 0 Å². The SMILES string of the molecule is C.C.C.C.C.CC(C)=O.CC(C)=S.CCC. The summed E-state index contributed by atoms with van der Waals surface area (Å²) in [4.78, 5) is 10.4. The molecule has 0 aliphatic rings. The van der Waals surface area contributed by atoms with E-state index in [1.54, 1.807) is 0 Å². The molecule has 0 amide bonds. The molecule has 1 nitrogen and oxygen atoms in total. The van der Waals surface area contributed by atoms with Gasteiger partial charge in [0, 0.05) is 0 Å². The van der Waals surface area contributed by atoms with E-state index in [-0.39, 0.29) is 42.9 Å². The third kappa shape index (κ3) is 38900. The van der Waals surface area contributed by atoms with Gasteiger partial charge in [0.05, 0.1) is 0 Å². The molecule has 0 heterocycles. The van der Waals surface area contributed by atoms with Gasteiger partial charge < -0.3 is 4.79 Å². The average Bonchev–Trinajstić information content (AvgIpc) is 1.60. The summed E-state index contributed by atoms with van der Waals surface area (Å²) in [5.41, 5.74) is 0. The van der Waals surface area contributed by atoms with Gasteiger partial charge in [-0.15, -0.1) is 0 Å². The number of Topliss-reactive ketones (excluding diaryl/α,β-unsaturated/α-hetero) is 1. The number of thiocarbonyl (C=S) groups is 1. The third-order valence-corrected chi connectivity index (χ3v) is 0. The van der Waals surface area contributed by atoms with Crippen LogP contribution in [-0.2, 0) is 4.79 Å². The molecule has 0 unspecified atom stereocenters. The Kier molecular flexibility index (Phi) is 218. The molecular weight excluding hydrogens is 216 g/mol. The quantitative estimate of drug-likeness (QED) is 0.455. The summed E-state index contributed by atoms with van der Waals surface area (Å²) in [6.45, 7) is 11.1. The van der Waals surface area contributed by atoms with E-state index in [9.17, 15) is 4.79 Å². The van der Waals surface area contributed by atoms with Crippen molar-refractivity contribution in [3.05, 3.63) is 0 Å². The molecule has 2 heteroatoms. The number of hydrogen-bond acceptors (Lipinski definition) is 2. The van der Waals surface area contributed by atoms with Crippen LogP contribution in [0.2, 0.25) is 0 Å². The maximum absolute atomic E-state index is 9.44. The van der Waals surface area contributed by atoms with E-state index in [4.69, 9.17) is 0 Å². The first kappa shape index (κ1) is 57.0. The maximum Gasteiger partial charge on any atom is 0.126 e. The predicted molar refractivity (Wildman–Crippen MR) is 89.9 cm³/mol. The van der Waals surface area contributed by atoms with Gasteiger partial charge in [-0.2, -0.15) is 0 Å². The molecule has 0 aliphatic heterocycles. The molecule has 0 aromatic heterocycles. The smallest absolute Gasteiger partial charge is 0.126 e. The summed E-state index contributed by atoms with van der Waals surface area (Å²) in [6, 6.07) is 0. The standard InChI is InChI=1S/C3H6O.C3H6S.C3H8.5CH4/c2*1-3(2)4;1-3-2;;;;;/h2*1-2H3;3H2,1-2H3;5*1H4. The second-order valence-electron chi connectivity index (χ2n) is 2.52. The van der Waals surface area contributed by atoms with Crippen molar-refractivity contribution >= 4 is 22.9 Å². The fourth-order valence-electron chi connectivity index (χ4n) is 0. The zero-order valence-electron chi connectivity index (χ0n) is 8.52. The van der Waals surface area contributed by atoms with Crippen molar-refractivity contribution in [2.75, 3.05) is 0 Å². The minimum atomic E-state index is 0. The Bertz CT molecular complexity index is 78.9. The highest BCUT2D eigenvalue weighted by molar-refractivity contribution is 7.80. The minimum absolute atomic E-state index is 0. The Labute approximate surface area is 113 Å². The molecule has 0 saturated carbocycles.